The number of aliphatic hydroxyl groups is 3. The van der Waals surface area contributed by atoms with Crippen molar-refractivity contribution in [1.82, 2.24) is 0 Å². The number of Topliss-reactive ketones (excluding diaryl/α,β-unsaturated/α-hetero) is 1. The van der Waals surface area contributed by atoms with Gasteiger partial charge in [0.05, 0.1) is 12.2 Å². The summed E-state index contributed by atoms with van der Waals surface area (Å²) in [5, 5.41) is 34.3. The number of carbonyl (C=O) groups is 1. The first-order valence-electron chi connectivity index (χ1n) is 16.7. The van der Waals surface area contributed by atoms with Crippen LogP contribution < -0.4 is 0 Å². The number of allylic oxidation sites excluding steroid dienone is 5. The van der Waals surface area contributed by atoms with Crippen LogP contribution in [-0.2, 0) is 23.7 Å². The second-order valence-electron chi connectivity index (χ2n) is 14.1. The first-order chi connectivity index (χ1) is 21.0. The number of hydrogen-bond donors (Lipinski definition) is 3. The van der Waals surface area contributed by atoms with E-state index in [1.54, 1.807) is 19.1 Å². The molecule has 3 N–H and O–H groups in total. The molecule has 5 fully saturated rings. The highest BCUT2D eigenvalue weighted by atomic mass is 16.9. The summed E-state index contributed by atoms with van der Waals surface area (Å²) in [6, 6.07) is 0. The van der Waals surface area contributed by atoms with Crippen molar-refractivity contribution in [2.24, 2.45) is 17.8 Å². The minimum atomic E-state index is -2.23. The van der Waals surface area contributed by atoms with E-state index >= 15 is 0 Å². The van der Waals surface area contributed by atoms with Gasteiger partial charge in [-0.3, -0.25) is 4.79 Å². The largest absolute Gasteiger partial charge is 0.393 e. The zero-order chi connectivity index (χ0) is 31.5. The van der Waals surface area contributed by atoms with Crippen molar-refractivity contribution in [2.75, 3.05) is 6.61 Å². The van der Waals surface area contributed by atoms with Gasteiger partial charge in [0.15, 0.2) is 11.4 Å². The molecule has 11 atom stereocenters. The van der Waals surface area contributed by atoms with E-state index in [0.29, 0.717) is 12.0 Å². The molecule has 44 heavy (non-hydrogen) atoms. The molecule has 0 spiro atoms. The molecule has 6 rings (SSSR count). The Morgan fingerprint density at radius 1 is 1.05 bits per heavy atom. The Kier molecular flexibility index (Phi) is 8.31. The van der Waals surface area contributed by atoms with Crippen LogP contribution in [0.1, 0.15) is 85.5 Å². The zero-order valence-corrected chi connectivity index (χ0v) is 26.7. The Labute approximate surface area is 261 Å². The zero-order valence-electron chi connectivity index (χ0n) is 26.7. The van der Waals surface area contributed by atoms with Crippen molar-refractivity contribution < 1.29 is 39.1 Å². The summed E-state index contributed by atoms with van der Waals surface area (Å²) in [6.07, 6.45) is 21.0. The number of fused-ring (bicyclic) bond motifs is 3. The summed E-state index contributed by atoms with van der Waals surface area (Å²) in [5.74, 6) is -3.87. The van der Waals surface area contributed by atoms with Gasteiger partial charge in [-0.25, -0.2) is 0 Å². The van der Waals surface area contributed by atoms with Gasteiger partial charge in [0, 0.05) is 17.9 Å². The average Bonchev–Trinajstić information content (AvgIpc) is 3.63. The third-order valence-electron chi connectivity index (χ3n) is 11.4. The van der Waals surface area contributed by atoms with Crippen LogP contribution in [0.25, 0.3) is 0 Å². The molecule has 3 aliphatic heterocycles. The van der Waals surface area contributed by atoms with Crippen LogP contribution in [0.4, 0.5) is 0 Å². The molecule has 8 heteroatoms. The topological polar surface area (TPSA) is 118 Å². The third-order valence-corrected chi connectivity index (χ3v) is 11.4. The van der Waals surface area contributed by atoms with Crippen molar-refractivity contribution in [3.05, 3.63) is 60.3 Å². The number of rotatable bonds is 13. The van der Waals surface area contributed by atoms with E-state index in [9.17, 15) is 20.1 Å². The highest BCUT2D eigenvalue weighted by Gasteiger charge is 2.88. The molecule has 8 nitrogen and oxygen atoms in total. The SMILES string of the molecule is C=C(C)[C@]12C[C@@H](C)[C@@]34O[C@](/C=C/C=C\C=C\CCCCCCCCC)(O[C@@H]1[C@@H]3[C@@H]1O[C@]1(CO)[C@@H](O)[C@]1(O)C(=O)C(C)=C[C@H]14)O2. The number of ketones is 1. The fourth-order valence-electron chi connectivity index (χ4n) is 9.11. The number of hydrogen-bond acceptors (Lipinski definition) is 8. The van der Waals surface area contributed by atoms with Gasteiger partial charge < -0.3 is 34.3 Å². The maximum absolute atomic E-state index is 13.6. The van der Waals surface area contributed by atoms with Crippen molar-refractivity contribution in [3.63, 3.8) is 0 Å². The Morgan fingerprint density at radius 2 is 1.75 bits per heavy atom. The van der Waals surface area contributed by atoms with Gasteiger partial charge in [0.1, 0.15) is 29.5 Å². The molecule has 242 valence electrons. The number of carbonyl (C=O) groups excluding carboxylic acids is 1. The minimum absolute atomic E-state index is 0.248. The smallest absolute Gasteiger partial charge is 0.306 e. The lowest BCUT2D eigenvalue weighted by Gasteiger charge is -2.59. The Bertz CT molecular complexity index is 1280. The van der Waals surface area contributed by atoms with Gasteiger partial charge in [-0.05, 0) is 50.2 Å². The predicted octanol–water partition coefficient (Wildman–Crippen LogP) is 4.99. The monoisotopic (exact) mass is 610 g/mol. The summed E-state index contributed by atoms with van der Waals surface area (Å²) in [4.78, 5) is 13.6. The van der Waals surface area contributed by atoms with E-state index in [1.165, 1.54) is 44.9 Å². The molecule has 3 aliphatic carbocycles. The molecule has 0 unspecified atom stereocenters. The molecule has 3 heterocycles. The molecule has 0 amide bonds. The molecule has 3 bridgehead atoms. The highest BCUT2D eigenvalue weighted by Crippen LogP contribution is 2.72. The lowest BCUT2D eigenvalue weighted by Crippen LogP contribution is -2.72. The second kappa shape index (κ2) is 11.4. The first kappa shape index (κ1) is 32.0. The van der Waals surface area contributed by atoms with Crippen LogP contribution in [0, 0.1) is 17.8 Å². The molecule has 0 aromatic carbocycles. The second-order valence-corrected chi connectivity index (χ2v) is 14.1. The standard InChI is InChI=1S/C36H50O8/c1-6-7-8-9-10-11-12-13-14-15-16-17-18-19-34-42-29-27-30-33(22-37,41-30)31(39)35(40)26(20-24(4)28(35)38)36(27,44-34)25(5)21-32(29,43-34)23(2)3/h14-20,25-27,29-31,37,39-40H,2,6-13,21-22H2,1,3-5H3/b15-14+,17-16-,19-18+/t25-,26-,27-,29-,30+,31-,32-,33+,34-,35-,36+/m1/s1. The van der Waals surface area contributed by atoms with Crippen LogP contribution in [0.5, 0.6) is 0 Å². The molecule has 0 aromatic rings. The van der Waals surface area contributed by atoms with Gasteiger partial charge in [0.2, 0.25) is 0 Å². The van der Waals surface area contributed by atoms with Crippen molar-refractivity contribution in [1.29, 1.82) is 0 Å². The normalized spacial score (nSPS) is 46.9. The molecular weight excluding hydrogens is 560 g/mol. The predicted molar refractivity (Wildman–Crippen MR) is 165 cm³/mol. The maximum atomic E-state index is 13.6. The van der Waals surface area contributed by atoms with Gasteiger partial charge in [-0.15, -0.1) is 0 Å². The summed E-state index contributed by atoms with van der Waals surface area (Å²) in [6.45, 7) is 11.6. The van der Waals surface area contributed by atoms with Gasteiger partial charge >= 0.3 is 5.97 Å². The van der Waals surface area contributed by atoms with Gasteiger partial charge in [-0.1, -0.05) is 95.4 Å². The van der Waals surface area contributed by atoms with E-state index < -0.39 is 70.9 Å². The highest BCUT2D eigenvalue weighted by molar-refractivity contribution is 6.05. The van der Waals surface area contributed by atoms with Gasteiger partial charge in [-0.2, -0.15) is 0 Å². The van der Waals surface area contributed by atoms with Crippen molar-refractivity contribution >= 4 is 5.78 Å². The van der Waals surface area contributed by atoms with E-state index in [4.69, 9.17) is 18.9 Å². The van der Waals surface area contributed by atoms with Crippen LogP contribution in [0.3, 0.4) is 0 Å². The lowest BCUT2D eigenvalue weighted by atomic mass is 9.54. The molecule has 0 aromatic heterocycles. The number of aliphatic hydroxyl groups excluding tert-OH is 2. The summed E-state index contributed by atoms with van der Waals surface area (Å²) in [5.41, 5.74) is -4.73. The quantitative estimate of drug-likeness (QED) is 0.116. The summed E-state index contributed by atoms with van der Waals surface area (Å²) in [7, 11) is 0. The molecule has 2 saturated carbocycles. The molecule has 0 radical (unpaired) electrons. The first-order valence-corrected chi connectivity index (χ1v) is 16.7. The Hall–Kier alpha value is -1.91. The van der Waals surface area contributed by atoms with Gasteiger partial charge in [0.25, 0.3) is 0 Å². The average molecular weight is 611 g/mol. The minimum Gasteiger partial charge on any atom is -0.393 e. The molecule has 6 aliphatic rings. The van der Waals surface area contributed by atoms with Crippen molar-refractivity contribution in [2.45, 2.75) is 132 Å². The van der Waals surface area contributed by atoms with Crippen LogP contribution in [-0.4, -0.2) is 74.4 Å². The Balaban J connectivity index is 1.26. The van der Waals surface area contributed by atoms with E-state index in [-0.39, 0.29) is 5.92 Å². The molecule has 3 saturated heterocycles. The number of ether oxygens (including phenoxy) is 4. The fourth-order valence-corrected chi connectivity index (χ4v) is 9.11. The van der Waals surface area contributed by atoms with Crippen LogP contribution in [0.15, 0.2) is 60.3 Å². The van der Waals surface area contributed by atoms with E-state index in [2.05, 4.69) is 19.6 Å². The van der Waals surface area contributed by atoms with E-state index in [1.807, 2.05) is 38.2 Å². The number of epoxide rings is 1. The van der Waals surface area contributed by atoms with Crippen LogP contribution >= 0.6 is 0 Å². The Morgan fingerprint density at radius 3 is 2.45 bits per heavy atom. The third kappa shape index (κ3) is 4.39. The fraction of sp³-hybridized carbons (Fsp3) is 0.694. The van der Waals surface area contributed by atoms with Crippen molar-refractivity contribution in [3.8, 4) is 0 Å². The summed E-state index contributed by atoms with van der Waals surface area (Å²) < 4.78 is 26.5. The number of unbranched alkanes of at least 4 members (excludes halogenated alkanes) is 7. The van der Waals surface area contributed by atoms with Crippen LogP contribution in [0.2, 0.25) is 0 Å². The molecular formula is C36H50O8. The maximum Gasteiger partial charge on any atom is 0.306 e. The summed E-state index contributed by atoms with van der Waals surface area (Å²) >= 11 is 0. The van der Waals surface area contributed by atoms with E-state index in [0.717, 1.165) is 12.0 Å². The lowest BCUT2D eigenvalue weighted by molar-refractivity contribution is -0.406.